The average molecular weight is 295 g/mol. The van der Waals surface area contributed by atoms with Gasteiger partial charge in [0.15, 0.2) is 0 Å². The molecule has 1 aromatic carbocycles. The number of hydrogen-bond acceptors (Lipinski definition) is 4. The number of rotatable bonds is 7. The Morgan fingerprint density at radius 2 is 1.95 bits per heavy atom. The molecule has 6 heteroatoms. The first kappa shape index (κ1) is 15.0. The predicted molar refractivity (Wildman–Crippen MR) is 78.1 cm³/mol. The van der Waals surface area contributed by atoms with Crippen molar-refractivity contribution >= 4 is 24.3 Å². The number of para-hydroxylation sites is 1. The molecule has 1 N–H and O–H groups in total. The van der Waals surface area contributed by atoms with Crippen LogP contribution in [0.1, 0.15) is 12.0 Å². The molecule has 1 aromatic heterocycles. The Bertz CT molecular complexity index is 641. The van der Waals surface area contributed by atoms with Crippen LogP contribution in [0.4, 0.5) is 0 Å². The van der Waals surface area contributed by atoms with Crippen LogP contribution >= 0.6 is 7.60 Å². The standard InChI is InChI=1S/C14H18NO4P/c1-18-20(17,19-2)10-12(16)8-7-11-9-15-14-6-4-3-5-13(11)14/h3-6,9,15H,7-8,10H2,1-2H3. The van der Waals surface area contributed by atoms with Crippen molar-refractivity contribution in [2.45, 2.75) is 12.8 Å². The molecular weight excluding hydrogens is 277 g/mol. The Labute approximate surface area is 117 Å². The van der Waals surface area contributed by atoms with Gasteiger partial charge < -0.3 is 14.0 Å². The number of benzene rings is 1. The van der Waals surface area contributed by atoms with E-state index < -0.39 is 7.60 Å². The van der Waals surface area contributed by atoms with Crippen LogP contribution in [-0.4, -0.2) is 31.1 Å². The average Bonchev–Trinajstić information content (AvgIpc) is 2.88. The molecule has 20 heavy (non-hydrogen) atoms. The largest absolute Gasteiger partial charge is 0.361 e. The summed E-state index contributed by atoms with van der Waals surface area (Å²) < 4.78 is 21.4. The van der Waals surface area contributed by atoms with Crippen LogP contribution in [0.3, 0.4) is 0 Å². The molecule has 0 aliphatic carbocycles. The van der Waals surface area contributed by atoms with Gasteiger partial charge in [0.05, 0.1) is 0 Å². The van der Waals surface area contributed by atoms with E-state index in [2.05, 4.69) is 4.98 Å². The third kappa shape index (κ3) is 3.37. The van der Waals surface area contributed by atoms with Crippen LogP contribution in [0.5, 0.6) is 0 Å². The Hall–Kier alpha value is -1.42. The molecule has 0 atom stereocenters. The van der Waals surface area contributed by atoms with Gasteiger partial charge in [0.1, 0.15) is 11.9 Å². The van der Waals surface area contributed by atoms with Gasteiger partial charge in [-0.3, -0.25) is 9.36 Å². The molecule has 0 amide bonds. The summed E-state index contributed by atoms with van der Waals surface area (Å²) in [6.45, 7) is 0. The van der Waals surface area contributed by atoms with Crippen molar-refractivity contribution < 1.29 is 18.4 Å². The number of aromatic nitrogens is 1. The molecule has 0 aliphatic rings. The number of H-pyrrole nitrogens is 1. The van der Waals surface area contributed by atoms with E-state index in [-0.39, 0.29) is 11.9 Å². The Morgan fingerprint density at radius 3 is 2.65 bits per heavy atom. The van der Waals surface area contributed by atoms with Crippen LogP contribution in [-0.2, 0) is 24.8 Å². The van der Waals surface area contributed by atoms with Gasteiger partial charge in [-0.1, -0.05) is 18.2 Å². The van der Waals surface area contributed by atoms with E-state index in [0.717, 1.165) is 16.5 Å². The number of aromatic amines is 1. The molecule has 0 saturated heterocycles. The lowest BCUT2D eigenvalue weighted by Gasteiger charge is -2.12. The van der Waals surface area contributed by atoms with Gasteiger partial charge in [-0.05, 0) is 18.1 Å². The van der Waals surface area contributed by atoms with Gasteiger partial charge in [-0.2, -0.15) is 0 Å². The van der Waals surface area contributed by atoms with Crippen molar-refractivity contribution in [3.63, 3.8) is 0 Å². The number of fused-ring (bicyclic) bond motifs is 1. The molecule has 0 spiro atoms. The van der Waals surface area contributed by atoms with Crippen LogP contribution in [0.25, 0.3) is 10.9 Å². The monoisotopic (exact) mass is 295 g/mol. The zero-order valence-corrected chi connectivity index (χ0v) is 12.5. The number of carbonyl (C=O) groups excluding carboxylic acids is 1. The first-order valence-electron chi connectivity index (χ1n) is 6.35. The quantitative estimate of drug-likeness (QED) is 0.797. The van der Waals surface area contributed by atoms with Gasteiger partial charge in [0.25, 0.3) is 0 Å². The number of nitrogens with one attached hydrogen (secondary N) is 1. The smallest absolute Gasteiger partial charge is 0.337 e. The van der Waals surface area contributed by atoms with Crippen LogP contribution in [0.15, 0.2) is 30.5 Å². The zero-order chi connectivity index (χ0) is 14.6. The minimum absolute atomic E-state index is 0.123. The number of carbonyl (C=O) groups is 1. The minimum atomic E-state index is -3.25. The van der Waals surface area contributed by atoms with Gasteiger partial charge >= 0.3 is 7.60 Å². The molecule has 108 valence electrons. The van der Waals surface area contributed by atoms with Crippen LogP contribution in [0, 0.1) is 0 Å². The van der Waals surface area contributed by atoms with Crippen molar-refractivity contribution in [1.29, 1.82) is 0 Å². The number of ketones is 1. The summed E-state index contributed by atoms with van der Waals surface area (Å²) in [5, 5.41) is 1.11. The Kier molecular flexibility index (Phi) is 4.76. The van der Waals surface area contributed by atoms with E-state index in [4.69, 9.17) is 9.05 Å². The second-order valence-corrected chi connectivity index (χ2v) is 6.80. The van der Waals surface area contributed by atoms with Crippen LogP contribution < -0.4 is 0 Å². The summed E-state index contributed by atoms with van der Waals surface area (Å²) in [6, 6.07) is 7.93. The van der Waals surface area contributed by atoms with Crippen LogP contribution in [0.2, 0.25) is 0 Å². The maximum atomic E-state index is 11.9. The lowest BCUT2D eigenvalue weighted by molar-refractivity contribution is -0.116. The third-order valence-corrected chi connectivity index (χ3v) is 5.13. The summed E-state index contributed by atoms with van der Waals surface area (Å²) in [7, 11) is -0.671. The highest BCUT2D eigenvalue weighted by Crippen LogP contribution is 2.46. The minimum Gasteiger partial charge on any atom is -0.361 e. The van der Waals surface area contributed by atoms with Crippen molar-refractivity contribution in [1.82, 2.24) is 4.98 Å². The summed E-state index contributed by atoms with van der Waals surface area (Å²) in [4.78, 5) is 15.0. The number of Topliss-reactive ketones (excluding diaryl/α,β-unsaturated/α-hetero) is 1. The molecular formula is C14H18NO4P. The molecule has 2 rings (SSSR count). The number of hydrogen-bond donors (Lipinski definition) is 1. The van der Waals surface area contributed by atoms with E-state index >= 15 is 0 Å². The molecule has 0 fully saturated rings. The topological polar surface area (TPSA) is 68.4 Å². The lowest BCUT2D eigenvalue weighted by atomic mass is 10.1. The van der Waals surface area contributed by atoms with Gasteiger partial charge in [-0.15, -0.1) is 0 Å². The fourth-order valence-electron chi connectivity index (χ4n) is 2.11. The molecule has 2 aromatic rings. The zero-order valence-electron chi connectivity index (χ0n) is 11.6. The summed E-state index contributed by atoms with van der Waals surface area (Å²) in [5.41, 5.74) is 2.13. The molecule has 0 unspecified atom stereocenters. The van der Waals surface area contributed by atoms with Gasteiger partial charge in [-0.25, -0.2) is 0 Å². The van der Waals surface area contributed by atoms with E-state index in [0.29, 0.717) is 12.8 Å². The molecule has 1 heterocycles. The predicted octanol–water partition coefficient (Wildman–Crippen LogP) is 3.16. The fraction of sp³-hybridized carbons (Fsp3) is 0.357. The Balaban J connectivity index is 1.99. The highest BCUT2D eigenvalue weighted by atomic mass is 31.2. The highest BCUT2D eigenvalue weighted by molar-refractivity contribution is 7.54. The second-order valence-electron chi connectivity index (χ2n) is 4.53. The summed E-state index contributed by atoms with van der Waals surface area (Å²) in [6.07, 6.45) is 2.65. The maximum absolute atomic E-state index is 11.9. The normalized spacial score (nSPS) is 11.9. The van der Waals surface area contributed by atoms with Crippen molar-refractivity contribution in [2.24, 2.45) is 0 Å². The first-order chi connectivity index (χ1) is 9.58. The van der Waals surface area contributed by atoms with E-state index in [1.54, 1.807) is 0 Å². The third-order valence-electron chi connectivity index (χ3n) is 3.27. The molecule has 0 saturated carbocycles. The lowest BCUT2D eigenvalue weighted by Crippen LogP contribution is -2.08. The van der Waals surface area contributed by atoms with Gasteiger partial charge in [0.2, 0.25) is 0 Å². The van der Waals surface area contributed by atoms with Crippen molar-refractivity contribution in [3.8, 4) is 0 Å². The molecule has 0 aliphatic heterocycles. The fourth-order valence-corrected chi connectivity index (χ4v) is 3.11. The highest BCUT2D eigenvalue weighted by Gasteiger charge is 2.25. The SMILES string of the molecule is COP(=O)(CC(=O)CCc1c[nH]c2ccccc12)OC. The maximum Gasteiger partial charge on any atom is 0.337 e. The summed E-state index contributed by atoms with van der Waals surface area (Å²) >= 11 is 0. The second kappa shape index (κ2) is 6.35. The van der Waals surface area contributed by atoms with Gasteiger partial charge in [0, 0.05) is 37.7 Å². The van der Waals surface area contributed by atoms with E-state index in [1.165, 1.54) is 14.2 Å². The van der Waals surface area contributed by atoms with E-state index in [9.17, 15) is 9.36 Å². The Morgan fingerprint density at radius 1 is 1.25 bits per heavy atom. The first-order valence-corrected chi connectivity index (χ1v) is 8.08. The van der Waals surface area contributed by atoms with Crippen molar-refractivity contribution in [2.75, 3.05) is 20.4 Å². The molecule has 0 bridgehead atoms. The van der Waals surface area contributed by atoms with Crippen molar-refractivity contribution in [3.05, 3.63) is 36.0 Å². The summed E-state index contributed by atoms with van der Waals surface area (Å²) in [5.74, 6) is -0.123. The van der Waals surface area contributed by atoms with E-state index in [1.807, 2.05) is 30.5 Å². The molecule has 5 nitrogen and oxygen atoms in total. The molecule has 0 radical (unpaired) electrons. The number of aryl methyl sites for hydroxylation is 1.